The maximum atomic E-state index is 13.0. The van der Waals surface area contributed by atoms with Crippen molar-refractivity contribution in [2.45, 2.75) is 18.7 Å². The second-order valence-electron chi connectivity index (χ2n) is 5.36. The van der Waals surface area contributed by atoms with Crippen LogP contribution >= 0.6 is 11.6 Å². The molecule has 0 spiro atoms. The summed E-state index contributed by atoms with van der Waals surface area (Å²) < 4.78 is 26.9. The molecule has 132 valence electrons. The number of sulfonamides is 1. The van der Waals surface area contributed by atoms with E-state index in [1.54, 1.807) is 31.2 Å². The van der Waals surface area contributed by atoms with E-state index in [1.165, 1.54) is 31.2 Å². The summed E-state index contributed by atoms with van der Waals surface area (Å²) in [6.45, 7) is 2.62. The highest BCUT2D eigenvalue weighted by molar-refractivity contribution is 7.92. The van der Waals surface area contributed by atoms with Gasteiger partial charge in [-0.25, -0.2) is 8.42 Å². The van der Waals surface area contributed by atoms with E-state index >= 15 is 0 Å². The molecule has 0 aliphatic rings. The van der Waals surface area contributed by atoms with E-state index in [4.69, 9.17) is 11.6 Å². The van der Waals surface area contributed by atoms with Gasteiger partial charge in [-0.3, -0.25) is 13.9 Å². The largest absolute Gasteiger partial charge is 0.326 e. The van der Waals surface area contributed by atoms with Crippen molar-refractivity contribution in [3.8, 4) is 0 Å². The van der Waals surface area contributed by atoms with Gasteiger partial charge in [-0.05, 0) is 54.4 Å². The number of rotatable bonds is 6. The van der Waals surface area contributed by atoms with Gasteiger partial charge in [-0.15, -0.1) is 0 Å². The number of nitrogens with zero attached hydrogens (tertiary/aromatic N) is 1. The number of carbonyl (C=O) groups excluding carboxylic acids is 2. The third-order valence-corrected chi connectivity index (χ3v) is 5.31. The van der Waals surface area contributed by atoms with Crippen LogP contribution in [0, 0.1) is 6.92 Å². The van der Waals surface area contributed by atoms with Crippen LogP contribution in [0.15, 0.2) is 53.4 Å². The van der Waals surface area contributed by atoms with E-state index in [1.807, 2.05) is 0 Å². The summed E-state index contributed by atoms with van der Waals surface area (Å²) in [7, 11) is -4.00. The number of hydrogen-bond donors (Lipinski definition) is 1. The van der Waals surface area contributed by atoms with Gasteiger partial charge in [0.2, 0.25) is 11.1 Å². The predicted octanol–water partition coefficient (Wildman–Crippen LogP) is 2.91. The molecule has 2 rings (SSSR count). The molecule has 0 unspecified atom stereocenters. The molecule has 0 aliphatic heterocycles. The first-order chi connectivity index (χ1) is 11.7. The Morgan fingerprint density at radius 3 is 2.20 bits per heavy atom. The maximum Gasteiger partial charge on any atom is 0.264 e. The minimum atomic E-state index is -4.00. The number of carbonyl (C=O) groups is 2. The lowest BCUT2D eigenvalue weighted by Crippen LogP contribution is -2.35. The molecule has 8 heteroatoms. The Hall–Kier alpha value is -2.38. The normalized spacial score (nSPS) is 11.0. The fraction of sp³-hybridized carbons (Fsp3) is 0.176. The first-order valence-corrected chi connectivity index (χ1v) is 9.18. The zero-order valence-electron chi connectivity index (χ0n) is 13.7. The van der Waals surface area contributed by atoms with E-state index in [2.05, 4.69) is 5.32 Å². The van der Waals surface area contributed by atoms with Gasteiger partial charge in [0.15, 0.2) is 0 Å². The Kier molecular flexibility index (Phi) is 5.81. The zero-order valence-corrected chi connectivity index (χ0v) is 15.3. The second-order valence-corrected chi connectivity index (χ2v) is 7.64. The Balaban J connectivity index is 2.46. The third-order valence-electron chi connectivity index (χ3n) is 3.41. The van der Waals surface area contributed by atoms with Gasteiger partial charge in [0.05, 0.1) is 10.6 Å². The summed E-state index contributed by atoms with van der Waals surface area (Å²) in [5.41, 5.74) is 1.55. The highest BCUT2D eigenvalue weighted by Gasteiger charge is 2.27. The molecular weight excluding hydrogens is 364 g/mol. The van der Waals surface area contributed by atoms with Crippen molar-refractivity contribution >= 4 is 44.1 Å². The number of para-hydroxylation sites is 1. The molecule has 0 fully saturated rings. The van der Waals surface area contributed by atoms with E-state index in [9.17, 15) is 18.0 Å². The van der Waals surface area contributed by atoms with Crippen LogP contribution in [-0.2, 0) is 19.6 Å². The lowest BCUT2D eigenvalue weighted by molar-refractivity contribution is -0.114. The van der Waals surface area contributed by atoms with Crippen molar-refractivity contribution in [1.82, 2.24) is 0 Å². The van der Waals surface area contributed by atoms with Crippen LogP contribution in [0.3, 0.4) is 0 Å². The predicted molar refractivity (Wildman–Crippen MR) is 97.3 cm³/mol. The molecule has 0 aliphatic carbocycles. The number of benzene rings is 2. The van der Waals surface area contributed by atoms with E-state index in [0.29, 0.717) is 16.9 Å². The number of anilines is 2. The molecule has 0 aromatic heterocycles. The Labute approximate surface area is 151 Å². The Morgan fingerprint density at radius 2 is 1.68 bits per heavy atom. The van der Waals surface area contributed by atoms with Crippen molar-refractivity contribution < 1.29 is 18.0 Å². The van der Waals surface area contributed by atoms with Crippen molar-refractivity contribution in [3.63, 3.8) is 0 Å². The molecule has 6 nitrogen and oxygen atoms in total. The first-order valence-electron chi connectivity index (χ1n) is 7.36. The number of hydrogen-bond acceptors (Lipinski definition) is 4. The van der Waals surface area contributed by atoms with Crippen LogP contribution in [-0.4, -0.2) is 26.1 Å². The molecule has 0 radical (unpaired) electrons. The van der Waals surface area contributed by atoms with Crippen LogP contribution < -0.4 is 9.62 Å². The van der Waals surface area contributed by atoms with Crippen molar-refractivity contribution in [2.24, 2.45) is 0 Å². The number of aryl methyl sites for hydroxylation is 1. The monoisotopic (exact) mass is 380 g/mol. The first kappa shape index (κ1) is 19.0. The summed E-state index contributed by atoms with van der Waals surface area (Å²) in [6, 6.07) is 12.5. The van der Waals surface area contributed by atoms with Gasteiger partial charge in [0.25, 0.3) is 10.0 Å². The standard InChI is InChI=1S/C17H17ClN2O4S/c1-12-5-3-4-6-16(12)20(11-17(18)22)25(23,24)15-9-7-14(8-10-15)19-13(2)21/h3-10H,11H2,1-2H3,(H,19,21). The molecular formula is C17H17ClN2O4S. The smallest absolute Gasteiger partial charge is 0.264 e. The highest BCUT2D eigenvalue weighted by atomic mass is 35.5. The lowest BCUT2D eigenvalue weighted by Gasteiger charge is -2.24. The van der Waals surface area contributed by atoms with Crippen LogP contribution in [0.2, 0.25) is 0 Å². The fourth-order valence-corrected chi connectivity index (χ4v) is 3.97. The maximum absolute atomic E-state index is 13.0. The van der Waals surface area contributed by atoms with Crippen LogP contribution in [0.1, 0.15) is 12.5 Å². The average molecular weight is 381 g/mol. The zero-order chi connectivity index (χ0) is 18.6. The molecule has 0 atom stereocenters. The van der Waals surface area contributed by atoms with Crippen molar-refractivity contribution in [3.05, 3.63) is 54.1 Å². The Bertz CT molecular complexity index is 895. The molecule has 2 aromatic rings. The SMILES string of the molecule is CC(=O)Nc1ccc(S(=O)(=O)N(CC(=O)Cl)c2ccccc2C)cc1. The second kappa shape index (κ2) is 7.67. The van der Waals surface area contributed by atoms with Gasteiger partial charge in [-0.2, -0.15) is 0 Å². The van der Waals surface area contributed by atoms with E-state index < -0.39 is 21.8 Å². The van der Waals surface area contributed by atoms with E-state index in [-0.39, 0.29) is 10.8 Å². The Morgan fingerprint density at radius 1 is 1.08 bits per heavy atom. The minimum absolute atomic E-state index is 0.0113. The number of halogens is 1. The van der Waals surface area contributed by atoms with E-state index in [0.717, 1.165) is 4.31 Å². The van der Waals surface area contributed by atoms with Gasteiger partial charge >= 0.3 is 0 Å². The summed E-state index contributed by atoms with van der Waals surface area (Å²) in [6.07, 6.45) is 0. The van der Waals surface area contributed by atoms with Gasteiger partial charge < -0.3 is 5.32 Å². The molecule has 0 heterocycles. The minimum Gasteiger partial charge on any atom is -0.326 e. The molecule has 1 N–H and O–H groups in total. The van der Waals surface area contributed by atoms with Crippen molar-refractivity contribution in [1.29, 1.82) is 0 Å². The highest BCUT2D eigenvalue weighted by Crippen LogP contribution is 2.27. The fourth-order valence-electron chi connectivity index (χ4n) is 2.30. The molecule has 2 aromatic carbocycles. The molecule has 25 heavy (non-hydrogen) atoms. The molecule has 1 amide bonds. The topological polar surface area (TPSA) is 83.6 Å². The summed E-state index contributed by atoms with van der Waals surface area (Å²) in [5.74, 6) is -0.259. The molecule has 0 saturated heterocycles. The summed E-state index contributed by atoms with van der Waals surface area (Å²) in [5, 5.41) is 1.77. The molecule has 0 bridgehead atoms. The van der Waals surface area contributed by atoms with Gasteiger partial charge in [0, 0.05) is 12.6 Å². The van der Waals surface area contributed by atoms with Gasteiger partial charge in [-0.1, -0.05) is 18.2 Å². The van der Waals surface area contributed by atoms with Crippen molar-refractivity contribution in [2.75, 3.05) is 16.2 Å². The quantitative estimate of drug-likeness (QED) is 0.781. The molecule has 0 saturated carbocycles. The third kappa shape index (κ3) is 4.58. The average Bonchev–Trinajstić information content (AvgIpc) is 2.53. The van der Waals surface area contributed by atoms with Crippen LogP contribution in [0.25, 0.3) is 0 Å². The summed E-state index contributed by atoms with van der Waals surface area (Å²) in [4.78, 5) is 22.4. The van der Waals surface area contributed by atoms with Crippen LogP contribution in [0.4, 0.5) is 11.4 Å². The number of amides is 1. The van der Waals surface area contributed by atoms with Gasteiger partial charge in [0.1, 0.15) is 6.54 Å². The lowest BCUT2D eigenvalue weighted by atomic mass is 10.2. The van der Waals surface area contributed by atoms with Crippen LogP contribution in [0.5, 0.6) is 0 Å². The summed E-state index contributed by atoms with van der Waals surface area (Å²) >= 11 is 5.46. The number of nitrogens with one attached hydrogen (secondary N) is 1.